The molecule has 3 amide bonds. The van der Waals surface area contributed by atoms with Gasteiger partial charge in [0.2, 0.25) is 11.8 Å². The Kier molecular flexibility index (Phi) is 2.06. The Labute approximate surface area is 144 Å². The molecule has 2 saturated heterocycles. The second kappa shape index (κ2) is 3.62. The van der Waals surface area contributed by atoms with Crippen molar-refractivity contribution in [1.29, 1.82) is 0 Å². The molecule has 132 valence electrons. The first-order valence-electron chi connectivity index (χ1n) is 9.12. The van der Waals surface area contributed by atoms with Gasteiger partial charge in [-0.1, -0.05) is 0 Å². The molecule has 7 rings (SSSR count). The molecular weight excluding hydrogens is 324 g/mol. The molecule has 2 aliphatic heterocycles. The van der Waals surface area contributed by atoms with Crippen molar-refractivity contribution in [3.05, 3.63) is 0 Å². The molecule has 0 aromatic carbocycles. The van der Waals surface area contributed by atoms with Gasteiger partial charge in [0.25, 0.3) is 5.91 Å². The van der Waals surface area contributed by atoms with E-state index >= 15 is 0 Å². The Morgan fingerprint density at radius 1 is 1.04 bits per heavy atom. The van der Waals surface area contributed by atoms with Gasteiger partial charge in [0.05, 0.1) is 0 Å². The average molecular weight is 344 g/mol. The maximum Gasteiger partial charge on any atom is 0.303 e. The number of rotatable bonds is 2. The third-order valence-electron chi connectivity index (χ3n) is 8.42. The molecule has 0 radical (unpaired) electrons. The minimum absolute atomic E-state index is 0.0207. The van der Waals surface area contributed by atoms with Crippen LogP contribution >= 0.6 is 0 Å². The van der Waals surface area contributed by atoms with Crippen LogP contribution in [-0.4, -0.2) is 39.9 Å². The zero-order valence-electron chi connectivity index (χ0n) is 14.3. The molecule has 7 aliphatic rings. The van der Waals surface area contributed by atoms with Gasteiger partial charge in [-0.3, -0.25) is 24.1 Å². The molecule has 7 fully saturated rings. The monoisotopic (exact) mass is 344 g/mol. The van der Waals surface area contributed by atoms with Crippen LogP contribution < -0.4 is 5.32 Å². The maximum absolute atomic E-state index is 13.5. The maximum atomic E-state index is 13.5. The first-order chi connectivity index (χ1) is 11.8. The van der Waals surface area contributed by atoms with Crippen molar-refractivity contribution < 1.29 is 23.9 Å². The number of nitrogens with zero attached hydrogens (tertiary/aromatic N) is 1. The number of imide groups is 1. The summed E-state index contributed by atoms with van der Waals surface area (Å²) in [4.78, 5) is 51.2. The normalized spacial score (nSPS) is 57.2. The number of ether oxygens (including phenoxy) is 1. The molecule has 5 saturated carbocycles. The van der Waals surface area contributed by atoms with E-state index in [1.165, 1.54) is 25.7 Å². The van der Waals surface area contributed by atoms with Gasteiger partial charge in [0.15, 0.2) is 5.60 Å². The number of nitrogens with one attached hydrogen (secondary N) is 1. The molecule has 25 heavy (non-hydrogen) atoms. The number of hydrogen-bond acceptors (Lipinski definition) is 5. The molecule has 7 heteroatoms. The van der Waals surface area contributed by atoms with Crippen molar-refractivity contribution in [2.24, 2.45) is 47.3 Å². The van der Waals surface area contributed by atoms with E-state index in [0.29, 0.717) is 23.7 Å². The van der Waals surface area contributed by atoms with E-state index in [9.17, 15) is 19.2 Å². The quantitative estimate of drug-likeness (QED) is 0.706. The first kappa shape index (κ1) is 14.3. The summed E-state index contributed by atoms with van der Waals surface area (Å²) in [5, 5.41) is 3.06. The van der Waals surface area contributed by atoms with Gasteiger partial charge in [-0.25, -0.2) is 0 Å². The average Bonchev–Trinajstić information content (AvgIpc) is 2.97. The van der Waals surface area contributed by atoms with E-state index in [4.69, 9.17) is 4.74 Å². The topological polar surface area (TPSA) is 92.8 Å². The van der Waals surface area contributed by atoms with Crippen molar-refractivity contribution in [1.82, 2.24) is 10.2 Å². The molecule has 2 heterocycles. The molecule has 0 unspecified atom stereocenters. The zero-order valence-corrected chi connectivity index (χ0v) is 14.3. The molecule has 0 spiro atoms. The summed E-state index contributed by atoms with van der Waals surface area (Å²) in [5.41, 5.74) is -2.08. The number of esters is 1. The number of piperidine rings is 2. The van der Waals surface area contributed by atoms with Crippen molar-refractivity contribution >= 4 is 23.7 Å². The summed E-state index contributed by atoms with van der Waals surface area (Å²) in [5.74, 6) is 0.142. The lowest BCUT2D eigenvalue weighted by Crippen LogP contribution is -2.86. The van der Waals surface area contributed by atoms with Crippen LogP contribution in [0.15, 0.2) is 0 Å². The van der Waals surface area contributed by atoms with Crippen LogP contribution in [0.1, 0.15) is 27.2 Å². The van der Waals surface area contributed by atoms with Gasteiger partial charge in [-0.2, -0.15) is 0 Å². The molecule has 10 atom stereocenters. The van der Waals surface area contributed by atoms with E-state index in [-0.39, 0.29) is 35.5 Å². The van der Waals surface area contributed by atoms with Crippen LogP contribution in [0, 0.1) is 47.3 Å². The SMILES string of the molecule is CC(=O)N[C@@]12[C@@H]3[C@H]4C[C@H]5[C@@H]6[C@@H]4[C@@H]1[C@@H]6[C@@](OC(C)=O)(C(=O)N2C(C)=O)[C@@H]53. The Morgan fingerprint density at radius 2 is 1.68 bits per heavy atom. The van der Waals surface area contributed by atoms with Gasteiger partial charge in [-0.05, 0) is 30.1 Å². The van der Waals surface area contributed by atoms with Crippen LogP contribution in [0.5, 0.6) is 0 Å². The Balaban J connectivity index is 1.63. The molecule has 4 bridgehead atoms. The smallest absolute Gasteiger partial charge is 0.303 e. The van der Waals surface area contributed by atoms with Crippen LogP contribution in [0.3, 0.4) is 0 Å². The minimum Gasteiger partial charge on any atom is -0.448 e. The molecule has 1 N–H and O–H groups in total. The van der Waals surface area contributed by atoms with Crippen LogP contribution in [0.25, 0.3) is 0 Å². The summed E-state index contributed by atoms with van der Waals surface area (Å²) in [6, 6.07) is 0. The molecular formula is C18H20N2O5. The number of amides is 3. The van der Waals surface area contributed by atoms with Crippen LogP contribution in [-0.2, 0) is 23.9 Å². The van der Waals surface area contributed by atoms with E-state index in [2.05, 4.69) is 5.32 Å². The number of carbonyl (C=O) groups is 4. The summed E-state index contributed by atoms with van der Waals surface area (Å²) >= 11 is 0. The van der Waals surface area contributed by atoms with E-state index in [1.54, 1.807) is 0 Å². The Morgan fingerprint density at radius 3 is 2.28 bits per heavy atom. The number of carbonyl (C=O) groups excluding carboxylic acids is 4. The summed E-state index contributed by atoms with van der Waals surface area (Å²) in [7, 11) is 0. The van der Waals surface area contributed by atoms with Crippen LogP contribution in [0.2, 0.25) is 0 Å². The molecule has 0 aromatic heterocycles. The summed E-state index contributed by atoms with van der Waals surface area (Å²) in [6.07, 6.45) is 1.03. The lowest BCUT2D eigenvalue weighted by molar-refractivity contribution is -0.255. The van der Waals surface area contributed by atoms with E-state index in [1.807, 2.05) is 0 Å². The van der Waals surface area contributed by atoms with Gasteiger partial charge < -0.3 is 10.1 Å². The third-order valence-corrected chi connectivity index (χ3v) is 8.42. The van der Waals surface area contributed by atoms with E-state index < -0.39 is 23.1 Å². The highest BCUT2D eigenvalue weighted by molar-refractivity contribution is 6.04. The highest BCUT2D eigenvalue weighted by Crippen LogP contribution is 2.90. The van der Waals surface area contributed by atoms with Crippen molar-refractivity contribution in [2.45, 2.75) is 38.5 Å². The van der Waals surface area contributed by atoms with Gasteiger partial charge in [0.1, 0.15) is 5.66 Å². The van der Waals surface area contributed by atoms with Crippen molar-refractivity contribution in [3.8, 4) is 0 Å². The number of fused-ring (bicyclic) bond motifs is 1. The fourth-order valence-corrected chi connectivity index (χ4v) is 8.85. The van der Waals surface area contributed by atoms with Crippen molar-refractivity contribution in [3.63, 3.8) is 0 Å². The largest absolute Gasteiger partial charge is 0.448 e. The molecule has 7 nitrogen and oxygen atoms in total. The zero-order chi connectivity index (χ0) is 17.6. The standard InChI is InChI=1S/C18H20N2O5/c1-5(21)19-18-13-9-4-8-10-11(9)15(18)14(10)17(12(8)13,25-7(3)23)16(24)20(18)6(2)22/h8-15H,4H2,1-3H3,(H,19,21)/t8-,9-,10+,11+,12-,13+,14+,15+,17+,18+/m0/s1. The predicted octanol–water partition coefficient (Wildman–Crippen LogP) is -0.103. The van der Waals surface area contributed by atoms with Crippen LogP contribution in [0.4, 0.5) is 0 Å². The molecule has 5 aliphatic carbocycles. The summed E-state index contributed by atoms with van der Waals surface area (Å²) < 4.78 is 5.80. The molecule has 0 aromatic rings. The fourth-order valence-electron chi connectivity index (χ4n) is 8.85. The summed E-state index contributed by atoms with van der Waals surface area (Å²) in [6.45, 7) is 4.15. The van der Waals surface area contributed by atoms with Crippen molar-refractivity contribution in [2.75, 3.05) is 0 Å². The third kappa shape index (κ3) is 1.05. The van der Waals surface area contributed by atoms with Gasteiger partial charge in [-0.15, -0.1) is 0 Å². The lowest BCUT2D eigenvalue weighted by atomic mass is 9.49. The first-order valence-corrected chi connectivity index (χ1v) is 9.12. The number of hydrogen-bond donors (Lipinski definition) is 1. The second-order valence-corrected chi connectivity index (χ2v) is 8.87. The van der Waals surface area contributed by atoms with E-state index in [0.717, 1.165) is 6.42 Å². The Hall–Kier alpha value is -1.92. The van der Waals surface area contributed by atoms with Gasteiger partial charge >= 0.3 is 5.97 Å². The fraction of sp³-hybridized carbons (Fsp3) is 0.778. The lowest BCUT2D eigenvalue weighted by Gasteiger charge is -2.67. The second-order valence-electron chi connectivity index (χ2n) is 8.87. The predicted molar refractivity (Wildman–Crippen MR) is 81.1 cm³/mol. The Bertz CT molecular complexity index is 809. The highest BCUT2D eigenvalue weighted by Gasteiger charge is 2.98. The van der Waals surface area contributed by atoms with Gasteiger partial charge in [0, 0.05) is 44.4 Å². The minimum atomic E-state index is -1.18. The highest BCUT2D eigenvalue weighted by atomic mass is 16.6.